The van der Waals surface area contributed by atoms with Gasteiger partial charge >= 0.3 is 11.5 Å². The van der Waals surface area contributed by atoms with Crippen molar-refractivity contribution in [2.75, 3.05) is 18.0 Å². The van der Waals surface area contributed by atoms with Crippen LogP contribution in [0, 0.1) is 0 Å². The zero-order valence-corrected chi connectivity index (χ0v) is 19.2. The maximum Gasteiger partial charge on any atom is 0.446 e. The molecule has 2 aromatic rings. The number of amides is 4. The topological polar surface area (TPSA) is 82.6 Å². The SMILES string of the molecule is CC(c1ccnc(C(=O)N2CCCCC2)c1)C1NC(=O)N(c2ccc(SC(F)(F)F)cc2)C1=O. The standard InChI is InChI=1S/C23H23F3N4O3S/c1-14(15-9-10-27-18(13-15)20(31)29-11-3-2-4-12-29)19-21(32)30(22(33)28-19)16-5-7-17(8-6-16)34-23(24,25)26/h5-10,13-14,19H,2-4,11-12H2,1H3,(H,28,33). The van der Waals surface area contributed by atoms with E-state index in [1.807, 2.05) is 0 Å². The van der Waals surface area contributed by atoms with Crippen LogP contribution >= 0.6 is 11.8 Å². The third kappa shape index (κ3) is 5.19. The Hall–Kier alpha value is -3.08. The van der Waals surface area contributed by atoms with Gasteiger partial charge in [-0.3, -0.25) is 14.6 Å². The number of hydrogen-bond donors (Lipinski definition) is 1. The van der Waals surface area contributed by atoms with E-state index in [2.05, 4.69) is 10.3 Å². The van der Waals surface area contributed by atoms with Crippen molar-refractivity contribution in [3.63, 3.8) is 0 Å². The molecular weight excluding hydrogens is 469 g/mol. The number of nitrogens with one attached hydrogen (secondary N) is 1. The van der Waals surface area contributed by atoms with E-state index in [9.17, 15) is 27.6 Å². The van der Waals surface area contributed by atoms with E-state index in [1.54, 1.807) is 24.0 Å². The second-order valence-corrected chi connectivity index (χ2v) is 9.40. The summed E-state index contributed by atoms with van der Waals surface area (Å²) in [6, 6.07) is 6.84. The number of alkyl halides is 3. The molecule has 1 N–H and O–H groups in total. The number of benzene rings is 1. The zero-order chi connectivity index (χ0) is 24.5. The van der Waals surface area contributed by atoms with Crippen LogP contribution in [0.2, 0.25) is 0 Å². The average Bonchev–Trinajstić information content (AvgIpc) is 3.12. The first-order valence-electron chi connectivity index (χ1n) is 10.9. The Morgan fingerprint density at radius 3 is 2.44 bits per heavy atom. The minimum absolute atomic E-state index is 0.0455. The third-order valence-electron chi connectivity index (χ3n) is 5.97. The normalized spacial score (nSPS) is 19.8. The van der Waals surface area contributed by atoms with Crippen molar-refractivity contribution in [2.45, 2.75) is 48.5 Å². The van der Waals surface area contributed by atoms with Crippen LogP contribution in [0.4, 0.5) is 23.7 Å². The Morgan fingerprint density at radius 1 is 1.12 bits per heavy atom. The largest absolute Gasteiger partial charge is 0.446 e. The molecule has 0 radical (unpaired) electrons. The second kappa shape index (κ2) is 9.65. The van der Waals surface area contributed by atoms with Gasteiger partial charge in [0, 0.05) is 30.1 Å². The third-order valence-corrected chi connectivity index (χ3v) is 6.71. The van der Waals surface area contributed by atoms with Gasteiger partial charge in [0.05, 0.1) is 5.69 Å². The fourth-order valence-electron chi connectivity index (χ4n) is 4.18. The summed E-state index contributed by atoms with van der Waals surface area (Å²) in [4.78, 5) is 45.3. The van der Waals surface area contributed by atoms with Crippen LogP contribution in [0.1, 0.15) is 48.2 Å². The highest BCUT2D eigenvalue weighted by molar-refractivity contribution is 8.00. The molecule has 2 atom stereocenters. The lowest BCUT2D eigenvalue weighted by Crippen LogP contribution is -2.37. The van der Waals surface area contributed by atoms with Crippen LogP contribution in [-0.2, 0) is 4.79 Å². The van der Waals surface area contributed by atoms with Gasteiger partial charge in [-0.1, -0.05) is 6.92 Å². The minimum Gasteiger partial charge on any atom is -0.337 e. The molecule has 1 aromatic carbocycles. The zero-order valence-electron chi connectivity index (χ0n) is 18.3. The number of imide groups is 1. The Balaban J connectivity index is 1.49. The number of hydrogen-bond acceptors (Lipinski definition) is 5. The summed E-state index contributed by atoms with van der Waals surface area (Å²) in [6.45, 7) is 3.14. The summed E-state index contributed by atoms with van der Waals surface area (Å²) in [5, 5.41) is 2.65. The second-order valence-electron chi connectivity index (χ2n) is 8.26. The van der Waals surface area contributed by atoms with E-state index < -0.39 is 29.4 Å². The molecule has 0 bridgehead atoms. The first-order chi connectivity index (χ1) is 16.1. The predicted molar refractivity (Wildman–Crippen MR) is 121 cm³/mol. The van der Waals surface area contributed by atoms with E-state index >= 15 is 0 Å². The molecule has 4 rings (SSSR count). The lowest BCUT2D eigenvalue weighted by Gasteiger charge is -2.26. The van der Waals surface area contributed by atoms with Crippen molar-refractivity contribution in [1.82, 2.24) is 15.2 Å². The number of carbonyl (C=O) groups excluding carboxylic acids is 3. The van der Waals surface area contributed by atoms with Gasteiger partial charge in [0.2, 0.25) is 0 Å². The molecule has 2 fully saturated rings. The predicted octanol–water partition coefficient (Wildman–Crippen LogP) is 4.55. The summed E-state index contributed by atoms with van der Waals surface area (Å²) >= 11 is -0.271. The van der Waals surface area contributed by atoms with Crippen molar-refractivity contribution in [3.8, 4) is 0 Å². The van der Waals surface area contributed by atoms with Crippen molar-refractivity contribution in [2.24, 2.45) is 0 Å². The van der Waals surface area contributed by atoms with Crippen molar-refractivity contribution >= 4 is 35.3 Å². The molecule has 180 valence electrons. The van der Waals surface area contributed by atoms with Gasteiger partial charge in [-0.05, 0) is 73.0 Å². The Labute approximate surface area is 198 Å². The number of halogens is 3. The molecule has 0 saturated carbocycles. The molecular formula is C23H23F3N4O3S. The van der Waals surface area contributed by atoms with E-state index in [-0.39, 0.29) is 33.9 Å². The van der Waals surface area contributed by atoms with Crippen LogP contribution in [0.25, 0.3) is 0 Å². The highest BCUT2D eigenvalue weighted by Crippen LogP contribution is 2.37. The number of urea groups is 1. The number of piperidine rings is 1. The average molecular weight is 493 g/mol. The van der Waals surface area contributed by atoms with E-state index in [1.165, 1.54) is 30.5 Å². The molecule has 3 heterocycles. The maximum absolute atomic E-state index is 13.1. The van der Waals surface area contributed by atoms with E-state index in [4.69, 9.17) is 0 Å². The van der Waals surface area contributed by atoms with Crippen LogP contribution in [-0.4, -0.2) is 52.4 Å². The van der Waals surface area contributed by atoms with Crippen LogP contribution in [0.3, 0.4) is 0 Å². The molecule has 2 saturated heterocycles. The van der Waals surface area contributed by atoms with Gasteiger partial charge in [-0.2, -0.15) is 13.2 Å². The van der Waals surface area contributed by atoms with Crippen molar-refractivity contribution in [1.29, 1.82) is 0 Å². The fourth-order valence-corrected chi connectivity index (χ4v) is 4.72. The van der Waals surface area contributed by atoms with E-state index in [0.29, 0.717) is 18.7 Å². The van der Waals surface area contributed by atoms with Crippen molar-refractivity contribution in [3.05, 3.63) is 53.9 Å². The highest BCUT2D eigenvalue weighted by Gasteiger charge is 2.42. The number of anilines is 1. The van der Waals surface area contributed by atoms with Gasteiger partial charge in [0.25, 0.3) is 11.8 Å². The molecule has 2 aliphatic rings. The Bertz CT molecular complexity index is 1090. The summed E-state index contributed by atoms with van der Waals surface area (Å²) in [7, 11) is 0. The van der Waals surface area contributed by atoms with Gasteiger partial charge in [-0.25, -0.2) is 9.69 Å². The number of pyridine rings is 1. The first kappa shape index (κ1) is 24.1. The quantitative estimate of drug-likeness (QED) is 0.489. The number of thioether (sulfide) groups is 1. The molecule has 0 aliphatic carbocycles. The smallest absolute Gasteiger partial charge is 0.337 e. The molecule has 7 nitrogen and oxygen atoms in total. The van der Waals surface area contributed by atoms with Crippen LogP contribution < -0.4 is 10.2 Å². The molecule has 1 aromatic heterocycles. The summed E-state index contributed by atoms with van der Waals surface area (Å²) < 4.78 is 37.7. The van der Waals surface area contributed by atoms with Crippen molar-refractivity contribution < 1.29 is 27.6 Å². The van der Waals surface area contributed by atoms with Crippen LogP contribution in [0.5, 0.6) is 0 Å². The highest BCUT2D eigenvalue weighted by atomic mass is 32.2. The molecule has 4 amide bonds. The van der Waals surface area contributed by atoms with Gasteiger partial charge in [0.1, 0.15) is 11.7 Å². The first-order valence-corrected chi connectivity index (χ1v) is 11.7. The molecule has 2 aliphatic heterocycles. The minimum atomic E-state index is -4.43. The number of rotatable bonds is 5. The fraction of sp³-hybridized carbons (Fsp3) is 0.391. The number of carbonyl (C=O) groups is 3. The Kier molecular flexibility index (Phi) is 6.83. The summed E-state index contributed by atoms with van der Waals surface area (Å²) in [5.41, 5.74) is -3.29. The summed E-state index contributed by atoms with van der Waals surface area (Å²) in [6.07, 6.45) is 4.52. The van der Waals surface area contributed by atoms with Crippen LogP contribution in [0.15, 0.2) is 47.5 Å². The lowest BCUT2D eigenvalue weighted by atomic mass is 9.93. The lowest BCUT2D eigenvalue weighted by molar-refractivity contribution is -0.118. The molecule has 34 heavy (non-hydrogen) atoms. The van der Waals surface area contributed by atoms with Gasteiger partial charge in [-0.15, -0.1) is 0 Å². The monoisotopic (exact) mass is 492 g/mol. The van der Waals surface area contributed by atoms with Gasteiger partial charge in [0.15, 0.2) is 0 Å². The molecule has 11 heteroatoms. The number of likely N-dealkylation sites (tertiary alicyclic amines) is 1. The summed E-state index contributed by atoms with van der Waals surface area (Å²) in [5.74, 6) is -1.14. The maximum atomic E-state index is 13.1. The van der Waals surface area contributed by atoms with E-state index in [0.717, 1.165) is 24.2 Å². The number of nitrogens with zero attached hydrogens (tertiary/aromatic N) is 3. The Morgan fingerprint density at radius 2 is 1.79 bits per heavy atom. The van der Waals surface area contributed by atoms with Gasteiger partial charge < -0.3 is 10.2 Å². The number of aromatic nitrogens is 1. The molecule has 2 unspecified atom stereocenters. The molecule has 0 spiro atoms.